The van der Waals surface area contributed by atoms with Crippen LogP contribution in [0.2, 0.25) is 0 Å². The maximum Gasteiger partial charge on any atom is 0.325 e. The van der Waals surface area contributed by atoms with Crippen molar-refractivity contribution in [3.8, 4) is 0 Å². The van der Waals surface area contributed by atoms with Gasteiger partial charge in [0.05, 0.1) is 0 Å². The van der Waals surface area contributed by atoms with E-state index in [4.69, 9.17) is 0 Å². The maximum atomic E-state index is 13.0. The number of hydrogen-bond acceptors (Lipinski definition) is 4. The highest BCUT2D eigenvalue weighted by Crippen LogP contribution is 2.30. The molecule has 1 saturated heterocycles. The van der Waals surface area contributed by atoms with Crippen molar-refractivity contribution < 1.29 is 19.2 Å². The predicted octanol–water partition coefficient (Wildman–Crippen LogP) is 2.96. The number of hydrogen-bond donors (Lipinski definition) is 3. The fraction of sp³-hybridized carbons (Fsp3) is 0.130. The fourth-order valence-corrected chi connectivity index (χ4v) is 3.53. The molecule has 1 aliphatic heterocycles. The van der Waals surface area contributed by atoms with Crippen molar-refractivity contribution >= 4 is 40.3 Å². The third-order valence-corrected chi connectivity index (χ3v) is 5.19. The van der Waals surface area contributed by atoms with Crippen molar-refractivity contribution in [2.75, 3.05) is 11.9 Å². The van der Waals surface area contributed by atoms with Gasteiger partial charge in [0.15, 0.2) is 0 Å². The molecule has 3 N–H and O–H groups in total. The number of para-hydroxylation sites is 1. The first-order valence-corrected chi connectivity index (χ1v) is 9.66. The molecule has 3 aromatic rings. The Kier molecular flexibility index (Phi) is 5.12. The molecule has 8 heteroatoms. The van der Waals surface area contributed by atoms with Crippen LogP contribution in [0.1, 0.15) is 12.5 Å². The molecule has 0 aromatic heterocycles. The number of amides is 6. The van der Waals surface area contributed by atoms with Crippen LogP contribution in [0.25, 0.3) is 10.8 Å². The topological polar surface area (TPSA) is 108 Å². The smallest absolute Gasteiger partial charge is 0.319 e. The predicted molar refractivity (Wildman–Crippen MR) is 115 cm³/mol. The largest absolute Gasteiger partial charge is 0.325 e. The van der Waals surface area contributed by atoms with E-state index in [-0.39, 0.29) is 0 Å². The van der Waals surface area contributed by atoms with Gasteiger partial charge in [-0.3, -0.25) is 19.8 Å². The van der Waals surface area contributed by atoms with Crippen LogP contribution in [0.5, 0.6) is 0 Å². The Morgan fingerprint density at radius 2 is 1.61 bits per heavy atom. The second kappa shape index (κ2) is 7.91. The van der Waals surface area contributed by atoms with Gasteiger partial charge in [-0.2, -0.15) is 0 Å². The van der Waals surface area contributed by atoms with Gasteiger partial charge >= 0.3 is 12.1 Å². The highest BCUT2D eigenvalue weighted by Gasteiger charge is 2.49. The Hall–Kier alpha value is -4.20. The van der Waals surface area contributed by atoms with E-state index in [1.54, 1.807) is 43.3 Å². The number of carbonyl (C=O) groups is 4. The average Bonchev–Trinajstić information content (AvgIpc) is 2.98. The highest BCUT2D eigenvalue weighted by atomic mass is 16.2. The molecular weight excluding hydrogens is 396 g/mol. The minimum atomic E-state index is -1.31. The summed E-state index contributed by atoms with van der Waals surface area (Å²) in [6, 6.07) is 20.3. The van der Waals surface area contributed by atoms with Crippen molar-refractivity contribution in [1.29, 1.82) is 0 Å². The third kappa shape index (κ3) is 3.95. The molecule has 6 amide bonds. The van der Waals surface area contributed by atoms with Crippen LogP contribution in [0, 0.1) is 0 Å². The van der Waals surface area contributed by atoms with Crippen LogP contribution in [0.3, 0.4) is 0 Å². The van der Waals surface area contributed by atoms with Gasteiger partial charge in [-0.25, -0.2) is 9.59 Å². The highest BCUT2D eigenvalue weighted by molar-refractivity contribution is 6.11. The van der Waals surface area contributed by atoms with E-state index in [1.165, 1.54) is 0 Å². The van der Waals surface area contributed by atoms with Gasteiger partial charge in [0.2, 0.25) is 5.91 Å². The molecule has 0 bridgehead atoms. The molecule has 0 radical (unpaired) electrons. The maximum absolute atomic E-state index is 13.0. The Morgan fingerprint density at radius 3 is 2.35 bits per heavy atom. The van der Waals surface area contributed by atoms with E-state index in [9.17, 15) is 19.2 Å². The SMILES string of the molecule is C[C@@]1(c2ccc3ccccc3c2)NC(=O)N(CC(=O)NC(=O)Nc2ccccc2)C1=O. The second-order valence-electron chi connectivity index (χ2n) is 7.38. The monoisotopic (exact) mass is 416 g/mol. The first kappa shape index (κ1) is 20.1. The minimum Gasteiger partial charge on any atom is -0.319 e. The van der Waals surface area contributed by atoms with E-state index in [1.807, 2.05) is 36.4 Å². The van der Waals surface area contributed by atoms with Crippen molar-refractivity contribution in [3.05, 3.63) is 78.4 Å². The van der Waals surface area contributed by atoms with E-state index < -0.39 is 36.0 Å². The summed E-state index contributed by atoms with van der Waals surface area (Å²) in [5.41, 5.74) is -0.200. The van der Waals surface area contributed by atoms with E-state index in [0.717, 1.165) is 15.7 Å². The lowest BCUT2D eigenvalue weighted by Crippen LogP contribution is -2.45. The zero-order valence-electron chi connectivity index (χ0n) is 16.7. The van der Waals surface area contributed by atoms with Gasteiger partial charge < -0.3 is 10.6 Å². The minimum absolute atomic E-state index is 0.506. The molecule has 1 atom stereocenters. The van der Waals surface area contributed by atoms with Gasteiger partial charge in [-0.1, -0.05) is 54.6 Å². The number of rotatable bonds is 4. The molecule has 4 rings (SSSR count). The Morgan fingerprint density at radius 1 is 0.935 bits per heavy atom. The van der Waals surface area contributed by atoms with Crippen molar-refractivity contribution in [2.45, 2.75) is 12.5 Å². The summed E-state index contributed by atoms with van der Waals surface area (Å²) < 4.78 is 0. The van der Waals surface area contributed by atoms with Gasteiger partial charge in [-0.05, 0) is 41.5 Å². The number of nitrogens with one attached hydrogen (secondary N) is 3. The summed E-state index contributed by atoms with van der Waals surface area (Å²) in [4.78, 5) is 50.6. The number of nitrogens with zero attached hydrogens (tertiary/aromatic N) is 1. The van der Waals surface area contributed by atoms with Crippen LogP contribution >= 0.6 is 0 Å². The molecular formula is C23H20N4O4. The summed E-state index contributed by atoms with van der Waals surface area (Å²) in [5, 5.41) is 9.23. The molecule has 3 aromatic carbocycles. The molecule has 0 saturated carbocycles. The molecule has 8 nitrogen and oxygen atoms in total. The number of carbonyl (C=O) groups excluding carboxylic acids is 4. The van der Waals surface area contributed by atoms with Crippen LogP contribution in [-0.4, -0.2) is 35.3 Å². The fourth-order valence-electron chi connectivity index (χ4n) is 3.53. The molecule has 1 fully saturated rings. The zero-order chi connectivity index (χ0) is 22.0. The summed E-state index contributed by atoms with van der Waals surface area (Å²) in [7, 11) is 0. The lowest BCUT2D eigenvalue weighted by molar-refractivity contribution is -0.134. The van der Waals surface area contributed by atoms with Gasteiger partial charge in [0, 0.05) is 5.69 Å². The van der Waals surface area contributed by atoms with Crippen LogP contribution < -0.4 is 16.0 Å². The molecule has 31 heavy (non-hydrogen) atoms. The standard InChI is InChI=1S/C23H20N4O4/c1-23(17-12-11-15-7-5-6-8-16(15)13-17)20(29)27(22(31)26-23)14-19(28)25-21(30)24-18-9-3-2-4-10-18/h2-13H,14H2,1H3,(H,26,31)(H2,24,25,28,30)/t23-/m0/s1. The molecule has 0 unspecified atom stereocenters. The molecule has 0 aliphatic carbocycles. The van der Waals surface area contributed by atoms with Crippen molar-refractivity contribution in [3.63, 3.8) is 0 Å². The number of benzene rings is 3. The quantitative estimate of drug-likeness (QED) is 0.568. The first-order valence-electron chi connectivity index (χ1n) is 9.66. The third-order valence-electron chi connectivity index (χ3n) is 5.19. The van der Waals surface area contributed by atoms with Crippen LogP contribution in [0.4, 0.5) is 15.3 Å². The molecule has 1 aliphatic rings. The normalized spacial score (nSPS) is 18.0. The Labute approximate surface area is 178 Å². The van der Waals surface area contributed by atoms with Gasteiger partial charge in [0.1, 0.15) is 12.1 Å². The van der Waals surface area contributed by atoms with Gasteiger partial charge in [0.25, 0.3) is 5.91 Å². The van der Waals surface area contributed by atoms with Crippen LogP contribution in [-0.2, 0) is 15.1 Å². The molecule has 156 valence electrons. The van der Waals surface area contributed by atoms with Gasteiger partial charge in [-0.15, -0.1) is 0 Å². The Bertz CT molecular complexity index is 1190. The summed E-state index contributed by atoms with van der Waals surface area (Å²) in [5.74, 6) is -1.34. The van der Waals surface area contributed by atoms with Crippen molar-refractivity contribution in [1.82, 2.24) is 15.5 Å². The van der Waals surface area contributed by atoms with E-state index in [0.29, 0.717) is 11.3 Å². The lowest BCUT2D eigenvalue weighted by Gasteiger charge is -2.22. The average molecular weight is 416 g/mol. The summed E-state index contributed by atoms with van der Waals surface area (Å²) in [6.45, 7) is 1.02. The molecule has 1 heterocycles. The lowest BCUT2D eigenvalue weighted by atomic mass is 9.90. The van der Waals surface area contributed by atoms with Crippen molar-refractivity contribution in [2.24, 2.45) is 0 Å². The number of imide groups is 2. The Balaban J connectivity index is 1.46. The summed E-state index contributed by atoms with van der Waals surface area (Å²) in [6.07, 6.45) is 0. The second-order valence-corrected chi connectivity index (χ2v) is 7.38. The summed E-state index contributed by atoms with van der Waals surface area (Å²) >= 11 is 0. The van der Waals surface area contributed by atoms with E-state index >= 15 is 0 Å². The number of urea groups is 2. The molecule has 0 spiro atoms. The van der Waals surface area contributed by atoms with E-state index in [2.05, 4.69) is 16.0 Å². The van der Waals surface area contributed by atoms with Crippen LogP contribution in [0.15, 0.2) is 72.8 Å². The number of anilines is 1. The number of fused-ring (bicyclic) bond motifs is 1. The first-order chi connectivity index (χ1) is 14.9. The zero-order valence-corrected chi connectivity index (χ0v) is 16.7.